The second-order valence-electron chi connectivity index (χ2n) is 7.00. The number of sulfonamides is 1. The van der Waals surface area contributed by atoms with Crippen LogP contribution in [-0.2, 0) is 14.8 Å². The van der Waals surface area contributed by atoms with Crippen LogP contribution in [-0.4, -0.2) is 38.9 Å². The molecule has 3 rings (SSSR count). The van der Waals surface area contributed by atoms with E-state index in [1.165, 1.54) is 4.31 Å². The molecular weight excluding hydrogens is 396 g/mol. The Labute approximate surface area is 172 Å². The van der Waals surface area contributed by atoms with Gasteiger partial charge in [-0.15, -0.1) is 0 Å². The van der Waals surface area contributed by atoms with Crippen molar-refractivity contribution in [2.24, 2.45) is 0 Å². The van der Waals surface area contributed by atoms with E-state index in [9.17, 15) is 13.2 Å². The molecule has 1 aliphatic rings. The summed E-state index contributed by atoms with van der Waals surface area (Å²) in [5.41, 5.74) is 1.06. The number of hydrogen-bond acceptors (Lipinski definition) is 3. The number of rotatable bonds is 5. The molecule has 28 heavy (non-hydrogen) atoms. The van der Waals surface area contributed by atoms with Gasteiger partial charge < -0.3 is 4.90 Å². The average molecular weight is 421 g/mol. The van der Waals surface area contributed by atoms with E-state index >= 15 is 0 Å². The van der Waals surface area contributed by atoms with Crippen LogP contribution in [0.4, 0.5) is 5.69 Å². The molecule has 0 spiro atoms. The van der Waals surface area contributed by atoms with Crippen LogP contribution in [0, 0.1) is 6.92 Å². The predicted octanol–water partition coefficient (Wildman–Crippen LogP) is 4.25. The summed E-state index contributed by atoms with van der Waals surface area (Å²) < 4.78 is 28.0. The number of hydrogen-bond donors (Lipinski definition) is 0. The van der Waals surface area contributed by atoms with Crippen molar-refractivity contribution >= 4 is 33.2 Å². The lowest BCUT2D eigenvalue weighted by Crippen LogP contribution is -2.43. The third-order valence-corrected chi connectivity index (χ3v) is 7.26. The molecule has 1 heterocycles. The fraction of sp³-hybridized carbons (Fsp3) is 0.381. The summed E-state index contributed by atoms with van der Waals surface area (Å²) in [6.45, 7) is 2.87. The van der Waals surface area contributed by atoms with E-state index in [0.717, 1.165) is 25.7 Å². The fourth-order valence-electron chi connectivity index (χ4n) is 3.43. The van der Waals surface area contributed by atoms with Crippen molar-refractivity contribution in [2.75, 3.05) is 23.9 Å². The third kappa shape index (κ3) is 4.50. The number of carbonyl (C=O) groups is 1. The van der Waals surface area contributed by atoms with Gasteiger partial charge in [0.05, 0.1) is 10.6 Å². The van der Waals surface area contributed by atoms with Crippen molar-refractivity contribution in [2.45, 2.75) is 37.5 Å². The summed E-state index contributed by atoms with van der Waals surface area (Å²) in [7, 11) is -3.91. The van der Waals surface area contributed by atoms with Gasteiger partial charge in [-0.05, 0) is 49.6 Å². The molecule has 0 unspecified atom stereocenters. The summed E-state index contributed by atoms with van der Waals surface area (Å²) in [6, 6.07) is 13.3. The first-order valence-electron chi connectivity index (χ1n) is 9.52. The van der Waals surface area contributed by atoms with Crippen LogP contribution in [0.25, 0.3) is 0 Å². The minimum Gasteiger partial charge on any atom is -0.341 e. The van der Waals surface area contributed by atoms with E-state index in [-0.39, 0.29) is 17.3 Å². The summed E-state index contributed by atoms with van der Waals surface area (Å²) in [5.74, 6) is -0.180. The molecule has 2 aromatic rings. The first-order chi connectivity index (χ1) is 13.4. The van der Waals surface area contributed by atoms with Gasteiger partial charge in [0, 0.05) is 18.1 Å². The van der Waals surface area contributed by atoms with Crippen LogP contribution >= 0.6 is 11.6 Å². The minimum atomic E-state index is -3.91. The Morgan fingerprint density at radius 3 is 2.29 bits per heavy atom. The Kier molecular flexibility index (Phi) is 6.62. The number of anilines is 1. The van der Waals surface area contributed by atoms with E-state index in [0.29, 0.717) is 29.4 Å². The lowest BCUT2D eigenvalue weighted by atomic mass is 10.2. The molecule has 1 amide bonds. The number of likely N-dealkylation sites (tertiary alicyclic amines) is 1. The van der Waals surface area contributed by atoms with E-state index in [4.69, 9.17) is 11.6 Å². The van der Waals surface area contributed by atoms with Gasteiger partial charge >= 0.3 is 0 Å². The maximum atomic E-state index is 13.4. The first kappa shape index (κ1) is 20.7. The van der Waals surface area contributed by atoms with E-state index in [1.54, 1.807) is 60.4 Å². The van der Waals surface area contributed by atoms with Gasteiger partial charge in [-0.2, -0.15) is 0 Å². The van der Waals surface area contributed by atoms with Crippen LogP contribution < -0.4 is 4.31 Å². The Balaban J connectivity index is 2.00. The predicted molar refractivity (Wildman–Crippen MR) is 112 cm³/mol. The fourth-order valence-corrected chi connectivity index (χ4v) is 5.09. The lowest BCUT2D eigenvalue weighted by molar-refractivity contribution is -0.129. The summed E-state index contributed by atoms with van der Waals surface area (Å²) >= 11 is 6.24. The molecule has 150 valence electrons. The molecule has 0 aromatic heterocycles. The second kappa shape index (κ2) is 8.97. The van der Waals surface area contributed by atoms with Crippen LogP contribution in [0.15, 0.2) is 53.4 Å². The standard InChI is InChI=1S/C21H25ClN2O3S/c1-17-19(22)12-9-13-20(17)24(28(26,27)18-10-5-4-6-11-18)16-21(25)23-14-7-2-3-8-15-23/h4-6,9-13H,2-3,7-8,14-16H2,1H3. The summed E-state index contributed by atoms with van der Waals surface area (Å²) in [5, 5.41) is 0.466. The maximum absolute atomic E-state index is 13.4. The van der Waals surface area contributed by atoms with Crippen LogP contribution in [0.5, 0.6) is 0 Å². The molecule has 0 N–H and O–H groups in total. The molecule has 0 radical (unpaired) electrons. The Morgan fingerprint density at radius 1 is 1.00 bits per heavy atom. The van der Waals surface area contributed by atoms with Crippen molar-refractivity contribution < 1.29 is 13.2 Å². The summed E-state index contributed by atoms with van der Waals surface area (Å²) in [6.07, 6.45) is 4.10. The number of nitrogens with zero attached hydrogens (tertiary/aromatic N) is 2. The smallest absolute Gasteiger partial charge is 0.264 e. The van der Waals surface area contributed by atoms with Crippen LogP contribution in [0.1, 0.15) is 31.2 Å². The van der Waals surface area contributed by atoms with Gasteiger partial charge in [0.15, 0.2) is 0 Å². The van der Waals surface area contributed by atoms with Gasteiger partial charge in [0.25, 0.3) is 10.0 Å². The largest absolute Gasteiger partial charge is 0.341 e. The molecular formula is C21H25ClN2O3S. The zero-order chi connectivity index (χ0) is 20.1. The topological polar surface area (TPSA) is 57.7 Å². The van der Waals surface area contributed by atoms with Crippen LogP contribution in [0.3, 0.4) is 0 Å². The quantitative estimate of drug-likeness (QED) is 0.726. The third-order valence-electron chi connectivity index (χ3n) is 5.08. The van der Waals surface area contributed by atoms with Crippen molar-refractivity contribution in [3.8, 4) is 0 Å². The Morgan fingerprint density at radius 2 is 1.64 bits per heavy atom. The van der Waals surface area contributed by atoms with Crippen molar-refractivity contribution in [1.29, 1.82) is 0 Å². The minimum absolute atomic E-state index is 0.151. The normalized spacial score (nSPS) is 15.1. The van der Waals surface area contributed by atoms with Gasteiger partial charge in [0.1, 0.15) is 6.54 Å². The van der Waals surface area contributed by atoms with Gasteiger partial charge in [-0.1, -0.05) is 48.7 Å². The van der Waals surface area contributed by atoms with Crippen molar-refractivity contribution in [3.63, 3.8) is 0 Å². The van der Waals surface area contributed by atoms with E-state index < -0.39 is 10.0 Å². The lowest BCUT2D eigenvalue weighted by Gasteiger charge is -2.29. The molecule has 5 nitrogen and oxygen atoms in total. The highest BCUT2D eigenvalue weighted by molar-refractivity contribution is 7.92. The number of benzene rings is 2. The zero-order valence-corrected chi connectivity index (χ0v) is 17.5. The number of halogens is 1. The second-order valence-corrected chi connectivity index (χ2v) is 9.27. The van der Waals surface area contributed by atoms with Crippen molar-refractivity contribution in [3.05, 3.63) is 59.1 Å². The highest BCUT2D eigenvalue weighted by Gasteiger charge is 2.30. The average Bonchev–Trinajstić information content (AvgIpc) is 2.98. The molecule has 0 atom stereocenters. The molecule has 1 saturated heterocycles. The van der Waals surface area contributed by atoms with Gasteiger partial charge in [0.2, 0.25) is 5.91 Å². The molecule has 0 bridgehead atoms. The highest BCUT2D eigenvalue weighted by Crippen LogP contribution is 2.31. The number of amides is 1. The molecule has 2 aromatic carbocycles. The molecule has 0 aliphatic carbocycles. The monoisotopic (exact) mass is 420 g/mol. The molecule has 0 saturated carbocycles. The molecule has 1 aliphatic heterocycles. The van der Waals surface area contributed by atoms with Gasteiger partial charge in [-0.3, -0.25) is 9.10 Å². The van der Waals surface area contributed by atoms with Gasteiger partial charge in [-0.25, -0.2) is 8.42 Å². The maximum Gasteiger partial charge on any atom is 0.264 e. The SMILES string of the molecule is Cc1c(Cl)cccc1N(CC(=O)N1CCCCCC1)S(=O)(=O)c1ccccc1. The van der Waals surface area contributed by atoms with Crippen molar-refractivity contribution in [1.82, 2.24) is 4.90 Å². The highest BCUT2D eigenvalue weighted by atomic mass is 35.5. The Bertz CT molecular complexity index is 924. The zero-order valence-electron chi connectivity index (χ0n) is 16.0. The summed E-state index contributed by atoms with van der Waals surface area (Å²) in [4.78, 5) is 14.9. The van der Waals surface area contributed by atoms with E-state index in [1.807, 2.05) is 0 Å². The molecule has 7 heteroatoms. The molecule has 1 fully saturated rings. The van der Waals surface area contributed by atoms with Crippen LogP contribution in [0.2, 0.25) is 5.02 Å². The Hall–Kier alpha value is -2.05. The number of carbonyl (C=O) groups excluding carboxylic acids is 1. The van der Waals surface area contributed by atoms with E-state index in [2.05, 4.69) is 0 Å². The first-order valence-corrected chi connectivity index (χ1v) is 11.3.